The highest BCUT2D eigenvalue weighted by Crippen LogP contribution is 2.38. The first kappa shape index (κ1) is 27.7. The summed E-state index contributed by atoms with van der Waals surface area (Å²) < 4.78 is 44.9. The molecule has 0 saturated carbocycles. The summed E-state index contributed by atoms with van der Waals surface area (Å²) in [6.45, 7) is 8.88. The Morgan fingerprint density at radius 2 is 1.56 bits per heavy atom. The summed E-state index contributed by atoms with van der Waals surface area (Å²) in [4.78, 5) is 17.6. The molecule has 1 amide bonds. The van der Waals surface area contributed by atoms with Crippen LogP contribution in [0.4, 0.5) is 5.13 Å². The summed E-state index contributed by atoms with van der Waals surface area (Å²) in [5.74, 6) is 1.07. The zero-order chi connectivity index (χ0) is 26.6. The van der Waals surface area contributed by atoms with Gasteiger partial charge in [-0.25, -0.2) is 13.4 Å². The molecule has 1 aromatic heterocycles. The number of hydrogen-bond donors (Lipinski definition) is 1. The first-order valence-corrected chi connectivity index (χ1v) is 13.8. The van der Waals surface area contributed by atoms with Gasteiger partial charge in [-0.05, 0) is 42.2 Å². The fourth-order valence-electron chi connectivity index (χ4n) is 3.73. The van der Waals surface area contributed by atoms with Crippen LogP contribution in [0.2, 0.25) is 0 Å². The molecule has 9 nitrogen and oxygen atoms in total. The zero-order valence-corrected chi connectivity index (χ0v) is 23.2. The Morgan fingerprint density at radius 1 is 0.972 bits per heavy atom. The number of aromatic nitrogens is 1. The molecule has 0 bridgehead atoms. The highest BCUT2D eigenvalue weighted by molar-refractivity contribution is 7.89. The average Bonchev–Trinajstić information content (AvgIpc) is 3.23. The molecule has 0 spiro atoms. The van der Waals surface area contributed by atoms with Crippen molar-refractivity contribution in [2.45, 2.75) is 32.6 Å². The Hall–Kier alpha value is -2.89. The van der Waals surface area contributed by atoms with Gasteiger partial charge >= 0.3 is 0 Å². The third kappa shape index (κ3) is 6.08. The predicted octanol–water partition coefficient (Wildman–Crippen LogP) is 4.88. The van der Waals surface area contributed by atoms with E-state index in [1.54, 1.807) is 30.3 Å². The molecule has 3 aromatic rings. The van der Waals surface area contributed by atoms with Crippen molar-refractivity contribution in [3.05, 3.63) is 35.9 Å². The van der Waals surface area contributed by atoms with E-state index in [2.05, 4.69) is 10.3 Å². The van der Waals surface area contributed by atoms with E-state index in [1.807, 2.05) is 27.7 Å². The molecule has 0 saturated heterocycles. The normalized spacial score (nSPS) is 11.9. The van der Waals surface area contributed by atoms with Crippen molar-refractivity contribution in [2.24, 2.45) is 11.8 Å². The molecule has 0 unspecified atom stereocenters. The lowest BCUT2D eigenvalue weighted by atomic mass is 10.1. The van der Waals surface area contributed by atoms with Gasteiger partial charge in [-0.15, -0.1) is 0 Å². The number of sulfonamides is 1. The lowest BCUT2D eigenvalue weighted by molar-refractivity contribution is 0.102. The van der Waals surface area contributed by atoms with Crippen molar-refractivity contribution in [1.29, 1.82) is 0 Å². The summed E-state index contributed by atoms with van der Waals surface area (Å²) in [7, 11) is 0.758. The minimum atomic E-state index is -3.68. The van der Waals surface area contributed by atoms with Crippen LogP contribution in [0.3, 0.4) is 0 Å². The van der Waals surface area contributed by atoms with Gasteiger partial charge in [-0.3, -0.25) is 10.1 Å². The van der Waals surface area contributed by atoms with Crippen LogP contribution in [0.1, 0.15) is 38.1 Å². The molecule has 0 aliphatic carbocycles. The standard InChI is InChI=1S/C25H33N3O6S2/c1-15(2)13-28(14-16(3)4)36(30,31)18-8-9-19-22(12-18)35-25(26-19)27-24(29)17-10-20(32-5)23(34-7)21(11-17)33-6/h8-12,15-16H,13-14H2,1-7H3,(H,26,27,29). The second kappa shape index (κ2) is 11.4. The molecule has 196 valence electrons. The van der Waals surface area contributed by atoms with Gasteiger partial charge in [0.2, 0.25) is 15.8 Å². The molecule has 0 aliphatic rings. The second-order valence-corrected chi connectivity index (χ2v) is 12.1. The van der Waals surface area contributed by atoms with E-state index in [4.69, 9.17) is 14.2 Å². The quantitative estimate of drug-likeness (QED) is 0.373. The van der Waals surface area contributed by atoms with Crippen molar-refractivity contribution < 1.29 is 27.4 Å². The maximum Gasteiger partial charge on any atom is 0.257 e. The number of fused-ring (bicyclic) bond motifs is 1. The van der Waals surface area contributed by atoms with Gasteiger partial charge < -0.3 is 14.2 Å². The van der Waals surface area contributed by atoms with Crippen LogP contribution in [0.15, 0.2) is 35.2 Å². The number of amides is 1. The van der Waals surface area contributed by atoms with E-state index in [9.17, 15) is 13.2 Å². The van der Waals surface area contributed by atoms with Gasteiger partial charge in [-0.1, -0.05) is 39.0 Å². The van der Waals surface area contributed by atoms with Crippen LogP contribution in [0.5, 0.6) is 17.2 Å². The maximum absolute atomic E-state index is 13.4. The molecule has 3 rings (SSSR count). The number of benzene rings is 2. The average molecular weight is 536 g/mol. The van der Waals surface area contributed by atoms with E-state index in [1.165, 1.54) is 37.0 Å². The molecule has 0 aliphatic heterocycles. The number of nitrogens with one attached hydrogen (secondary N) is 1. The van der Waals surface area contributed by atoms with E-state index in [-0.39, 0.29) is 16.7 Å². The van der Waals surface area contributed by atoms with Crippen molar-refractivity contribution >= 4 is 42.6 Å². The van der Waals surface area contributed by atoms with E-state index in [0.717, 1.165) is 0 Å². The minimum Gasteiger partial charge on any atom is -0.493 e. The summed E-state index contributed by atoms with van der Waals surface area (Å²) in [5, 5.41) is 3.12. The van der Waals surface area contributed by atoms with Gasteiger partial charge in [0.05, 0.1) is 36.4 Å². The maximum atomic E-state index is 13.4. The van der Waals surface area contributed by atoms with Crippen LogP contribution in [-0.2, 0) is 10.0 Å². The van der Waals surface area contributed by atoms with Crippen LogP contribution < -0.4 is 19.5 Å². The van der Waals surface area contributed by atoms with E-state index >= 15 is 0 Å². The second-order valence-electron chi connectivity index (χ2n) is 9.13. The number of ether oxygens (including phenoxy) is 3. The largest absolute Gasteiger partial charge is 0.493 e. The summed E-state index contributed by atoms with van der Waals surface area (Å²) >= 11 is 1.20. The number of rotatable bonds is 11. The highest BCUT2D eigenvalue weighted by atomic mass is 32.2. The van der Waals surface area contributed by atoms with Crippen LogP contribution >= 0.6 is 11.3 Å². The van der Waals surface area contributed by atoms with Gasteiger partial charge in [0, 0.05) is 18.7 Å². The highest BCUT2D eigenvalue weighted by Gasteiger charge is 2.26. The first-order chi connectivity index (χ1) is 17.0. The van der Waals surface area contributed by atoms with E-state index < -0.39 is 15.9 Å². The van der Waals surface area contributed by atoms with Crippen molar-refractivity contribution in [3.63, 3.8) is 0 Å². The molecule has 36 heavy (non-hydrogen) atoms. The monoisotopic (exact) mass is 535 g/mol. The Bertz CT molecular complexity index is 1300. The molecule has 2 aromatic carbocycles. The van der Waals surface area contributed by atoms with Gasteiger partial charge in [-0.2, -0.15) is 4.31 Å². The van der Waals surface area contributed by atoms with Gasteiger partial charge in [0.15, 0.2) is 16.6 Å². The Kier molecular flexibility index (Phi) is 8.80. The number of carbonyl (C=O) groups is 1. The Balaban J connectivity index is 1.90. The van der Waals surface area contributed by atoms with Crippen molar-refractivity contribution in [1.82, 2.24) is 9.29 Å². The van der Waals surface area contributed by atoms with E-state index in [0.29, 0.717) is 51.2 Å². The molecule has 1 N–H and O–H groups in total. The smallest absolute Gasteiger partial charge is 0.257 e. The molecule has 0 atom stereocenters. The SMILES string of the molecule is COc1cc(C(=O)Nc2nc3ccc(S(=O)(=O)N(CC(C)C)CC(C)C)cc3s2)cc(OC)c1OC. The minimum absolute atomic E-state index is 0.197. The lowest BCUT2D eigenvalue weighted by Gasteiger charge is -2.25. The van der Waals surface area contributed by atoms with Crippen LogP contribution in [0.25, 0.3) is 10.2 Å². The predicted molar refractivity (Wildman–Crippen MR) is 142 cm³/mol. The number of thiazole rings is 1. The number of carbonyl (C=O) groups excluding carboxylic acids is 1. The molecule has 0 radical (unpaired) electrons. The summed E-state index contributed by atoms with van der Waals surface area (Å²) in [6, 6.07) is 7.94. The Labute approximate surface area is 216 Å². The molecular weight excluding hydrogens is 502 g/mol. The third-order valence-corrected chi connectivity index (χ3v) is 8.04. The summed E-state index contributed by atoms with van der Waals surface area (Å²) in [6.07, 6.45) is 0. The van der Waals surface area contributed by atoms with Crippen LogP contribution in [0, 0.1) is 11.8 Å². The van der Waals surface area contributed by atoms with Gasteiger partial charge in [0.25, 0.3) is 5.91 Å². The zero-order valence-electron chi connectivity index (χ0n) is 21.6. The molecule has 1 heterocycles. The fraction of sp³-hybridized carbons (Fsp3) is 0.440. The van der Waals surface area contributed by atoms with Crippen molar-refractivity contribution in [2.75, 3.05) is 39.7 Å². The molecular formula is C25H33N3O6S2. The van der Waals surface area contributed by atoms with Crippen LogP contribution in [-0.4, -0.2) is 58.0 Å². The topological polar surface area (TPSA) is 107 Å². The number of methoxy groups -OCH3 is 3. The number of anilines is 1. The first-order valence-electron chi connectivity index (χ1n) is 11.5. The number of nitrogens with zero attached hydrogens (tertiary/aromatic N) is 2. The third-order valence-electron chi connectivity index (χ3n) is 5.28. The fourth-order valence-corrected chi connectivity index (χ4v) is 6.50. The van der Waals surface area contributed by atoms with Crippen molar-refractivity contribution in [3.8, 4) is 17.2 Å². The lowest BCUT2D eigenvalue weighted by Crippen LogP contribution is -2.37. The summed E-state index contributed by atoms with van der Waals surface area (Å²) in [5.41, 5.74) is 0.892. The number of hydrogen-bond acceptors (Lipinski definition) is 8. The van der Waals surface area contributed by atoms with Gasteiger partial charge in [0.1, 0.15) is 0 Å². The molecule has 11 heteroatoms. The molecule has 0 fully saturated rings. The Morgan fingerprint density at radius 3 is 2.06 bits per heavy atom.